The van der Waals surface area contributed by atoms with E-state index in [1.807, 2.05) is 6.92 Å². The number of amides is 1. The summed E-state index contributed by atoms with van der Waals surface area (Å²) in [4.78, 5) is 17.7. The van der Waals surface area contributed by atoms with Gasteiger partial charge in [-0.1, -0.05) is 19.3 Å². The zero-order chi connectivity index (χ0) is 19.0. The molecule has 8 heteroatoms. The third kappa shape index (κ3) is 14.1. The van der Waals surface area contributed by atoms with Crippen LogP contribution in [0.25, 0.3) is 0 Å². The lowest BCUT2D eigenvalue weighted by atomic mass is 9.98. The topological polar surface area (TPSA) is 75.2 Å². The molecule has 1 saturated carbocycles. The Labute approximate surface area is 182 Å². The van der Waals surface area contributed by atoms with Gasteiger partial charge in [-0.15, -0.1) is 24.0 Å². The summed E-state index contributed by atoms with van der Waals surface area (Å²) < 4.78 is 11.3. The van der Waals surface area contributed by atoms with Gasteiger partial charge in [0.05, 0.1) is 6.10 Å². The molecule has 0 aromatic heterocycles. The van der Waals surface area contributed by atoms with Gasteiger partial charge in [0.2, 0.25) is 5.91 Å². The fourth-order valence-electron chi connectivity index (χ4n) is 2.75. The van der Waals surface area contributed by atoms with Crippen LogP contribution in [-0.2, 0) is 14.3 Å². The van der Waals surface area contributed by atoms with Gasteiger partial charge in [0.15, 0.2) is 5.96 Å². The van der Waals surface area contributed by atoms with Crippen LogP contribution >= 0.6 is 24.0 Å². The van der Waals surface area contributed by atoms with Crippen molar-refractivity contribution < 1.29 is 14.3 Å². The number of carbonyl (C=O) groups is 1. The van der Waals surface area contributed by atoms with Gasteiger partial charge in [0.25, 0.3) is 0 Å². The number of hydrogen-bond acceptors (Lipinski definition) is 4. The van der Waals surface area contributed by atoms with Crippen LogP contribution in [0.2, 0.25) is 0 Å². The number of rotatable bonds is 12. The maximum atomic E-state index is 11.7. The molecule has 1 rings (SSSR count). The standard InChI is InChI=1S/C19H38N4O3.HI/c1-4-25-14-8-12-20-19(22-16-18(24)23(2)3)21-13-9-15-26-17-10-6-5-7-11-17;/h17H,4-16H2,1-3H3,(H2,20,21,22);1H. The molecule has 0 spiro atoms. The van der Waals surface area contributed by atoms with E-state index in [2.05, 4.69) is 15.6 Å². The monoisotopic (exact) mass is 498 g/mol. The van der Waals surface area contributed by atoms with E-state index < -0.39 is 0 Å². The van der Waals surface area contributed by atoms with E-state index in [0.717, 1.165) is 45.8 Å². The van der Waals surface area contributed by atoms with Crippen LogP contribution in [0.4, 0.5) is 0 Å². The summed E-state index contributed by atoms with van der Waals surface area (Å²) in [5.41, 5.74) is 0. The molecule has 0 unspecified atom stereocenters. The van der Waals surface area contributed by atoms with Crippen molar-refractivity contribution >= 4 is 35.8 Å². The van der Waals surface area contributed by atoms with Crippen LogP contribution in [0.15, 0.2) is 4.99 Å². The summed E-state index contributed by atoms with van der Waals surface area (Å²) >= 11 is 0. The summed E-state index contributed by atoms with van der Waals surface area (Å²) in [5.74, 6) is 0.662. The third-order valence-electron chi connectivity index (χ3n) is 4.35. The predicted octanol–water partition coefficient (Wildman–Crippen LogP) is 2.39. The average molecular weight is 498 g/mol. The minimum Gasteiger partial charge on any atom is -0.382 e. The fraction of sp³-hybridized carbons (Fsp3) is 0.895. The number of carbonyl (C=O) groups excluding carboxylic acids is 1. The number of nitrogens with one attached hydrogen (secondary N) is 2. The minimum atomic E-state index is -0.0129. The smallest absolute Gasteiger partial charge is 0.243 e. The van der Waals surface area contributed by atoms with Gasteiger partial charge >= 0.3 is 0 Å². The Hall–Kier alpha value is -0.610. The van der Waals surface area contributed by atoms with Crippen LogP contribution in [0.3, 0.4) is 0 Å². The molecule has 1 fully saturated rings. The Balaban J connectivity index is 0.00000676. The molecule has 0 aliphatic heterocycles. The van der Waals surface area contributed by atoms with Crippen molar-refractivity contribution in [3.8, 4) is 0 Å². The Morgan fingerprint density at radius 2 is 1.70 bits per heavy atom. The Bertz CT molecular complexity index is 402. The van der Waals surface area contributed by atoms with Gasteiger partial charge in [-0.3, -0.25) is 4.79 Å². The van der Waals surface area contributed by atoms with Gasteiger partial charge in [-0.05, 0) is 32.6 Å². The van der Waals surface area contributed by atoms with Crippen molar-refractivity contribution in [1.82, 2.24) is 15.5 Å². The molecular weight excluding hydrogens is 459 g/mol. The van der Waals surface area contributed by atoms with E-state index in [9.17, 15) is 4.79 Å². The van der Waals surface area contributed by atoms with Gasteiger partial charge in [-0.2, -0.15) is 0 Å². The first kappa shape index (κ1) is 26.4. The largest absolute Gasteiger partial charge is 0.382 e. The highest BCUT2D eigenvalue weighted by Crippen LogP contribution is 2.20. The van der Waals surface area contributed by atoms with Crippen LogP contribution in [0.1, 0.15) is 51.9 Å². The molecule has 0 heterocycles. The molecule has 1 aliphatic carbocycles. The molecule has 0 radical (unpaired) electrons. The molecule has 27 heavy (non-hydrogen) atoms. The number of ether oxygens (including phenoxy) is 2. The van der Waals surface area contributed by atoms with E-state index in [1.54, 1.807) is 19.0 Å². The first-order valence-corrected chi connectivity index (χ1v) is 10.0. The summed E-state index contributed by atoms with van der Waals surface area (Å²) in [6.45, 7) is 5.91. The molecule has 0 aromatic rings. The number of likely N-dealkylation sites (N-methyl/N-ethyl adjacent to an activating group) is 1. The molecule has 0 atom stereocenters. The minimum absolute atomic E-state index is 0. The van der Waals surface area contributed by atoms with E-state index >= 15 is 0 Å². The number of halogens is 1. The van der Waals surface area contributed by atoms with Crippen LogP contribution in [0.5, 0.6) is 0 Å². The third-order valence-corrected chi connectivity index (χ3v) is 4.35. The lowest BCUT2D eigenvalue weighted by molar-refractivity contribution is -0.127. The van der Waals surface area contributed by atoms with E-state index in [1.165, 1.54) is 32.1 Å². The van der Waals surface area contributed by atoms with Crippen molar-refractivity contribution in [1.29, 1.82) is 0 Å². The van der Waals surface area contributed by atoms with Crippen molar-refractivity contribution in [2.45, 2.75) is 58.0 Å². The number of hydrogen-bond donors (Lipinski definition) is 2. The van der Waals surface area contributed by atoms with Crippen molar-refractivity contribution in [2.24, 2.45) is 4.99 Å². The molecule has 2 N–H and O–H groups in total. The van der Waals surface area contributed by atoms with E-state index in [4.69, 9.17) is 9.47 Å². The highest BCUT2D eigenvalue weighted by Gasteiger charge is 2.13. The van der Waals surface area contributed by atoms with E-state index in [-0.39, 0.29) is 36.4 Å². The van der Waals surface area contributed by atoms with Gasteiger partial charge < -0.3 is 25.0 Å². The summed E-state index contributed by atoms with van der Waals surface area (Å²) in [6, 6.07) is 0. The highest BCUT2D eigenvalue weighted by molar-refractivity contribution is 14.0. The van der Waals surface area contributed by atoms with Crippen LogP contribution < -0.4 is 10.6 Å². The van der Waals surface area contributed by atoms with Gasteiger partial charge in [0.1, 0.15) is 6.54 Å². The molecule has 160 valence electrons. The van der Waals surface area contributed by atoms with Crippen LogP contribution in [0, 0.1) is 0 Å². The second kappa shape index (κ2) is 17.5. The average Bonchev–Trinajstić information content (AvgIpc) is 2.65. The molecule has 0 saturated heterocycles. The molecular formula is C19H39IN4O3. The second-order valence-corrected chi connectivity index (χ2v) is 6.84. The first-order valence-electron chi connectivity index (χ1n) is 10.0. The fourth-order valence-corrected chi connectivity index (χ4v) is 2.75. The van der Waals surface area contributed by atoms with Crippen molar-refractivity contribution in [3.05, 3.63) is 0 Å². The summed E-state index contributed by atoms with van der Waals surface area (Å²) in [5, 5.41) is 6.55. The SMILES string of the molecule is CCOCCCNC(=NCC(=O)N(C)C)NCCCOC1CCCCC1.I. The summed E-state index contributed by atoms with van der Waals surface area (Å²) in [6.07, 6.45) is 8.63. The lowest BCUT2D eigenvalue weighted by Gasteiger charge is -2.22. The van der Waals surface area contributed by atoms with Crippen molar-refractivity contribution in [2.75, 3.05) is 53.6 Å². The van der Waals surface area contributed by atoms with Gasteiger partial charge in [0, 0.05) is 47.0 Å². The van der Waals surface area contributed by atoms with Gasteiger partial charge in [-0.25, -0.2) is 4.99 Å². The number of guanidine groups is 1. The van der Waals surface area contributed by atoms with Crippen molar-refractivity contribution in [3.63, 3.8) is 0 Å². The lowest BCUT2D eigenvalue weighted by Crippen LogP contribution is -2.40. The zero-order valence-electron chi connectivity index (χ0n) is 17.3. The Morgan fingerprint density at radius 3 is 2.30 bits per heavy atom. The summed E-state index contributed by atoms with van der Waals surface area (Å²) in [7, 11) is 3.48. The Kier molecular flexibility index (Phi) is 17.1. The molecule has 7 nitrogen and oxygen atoms in total. The quantitative estimate of drug-likeness (QED) is 0.187. The highest BCUT2D eigenvalue weighted by atomic mass is 127. The molecule has 0 bridgehead atoms. The maximum absolute atomic E-state index is 11.7. The Morgan fingerprint density at radius 1 is 1.07 bits per heavy atom. The molecule has 1 aliphatic rings. The molecule has 0 aromatic carbocycles. The number of nitrogens with zero attached hydrogens (tertiary/aromatic N) is 2. The zero-order valence-corrected chi connectivity index (χ0v) is 19.6. The number of aliphatic imine (C=N–C) groups is 1. The molecule has 1 amide bonds. The predicted molar refractivity (Wildman–Crippen MR) is 121 cm³/mol. The maximum Gasteiger partial charge on any atom is 0.243 e. The van der Waals surface area contributed by atoms with Crippen LogP contribution in [-0.4, -0.2) is 76.4 Å². The second-order valence-electron chi connectivity index (χ2n) is 6.84. The first-order chi connectivity index (χ1) is 12.6. The normalized spacial score (nSPS) is 15.1. The van der Waals surface area contributed by atoms with E-state index in [0.29, 0.717) is 12.1 Å².